The van der Waals surface area contributed by atoms with Crippen molar-refractivity contribution in [1.29, 1.82) is 0 Å². The average molecular weight is 325 g/mol. The van der Waals surface area contributed by atoms with Crippen molar-refractivity contribution in [3.8, 4) is 0 Å². The Bertz CT molecular complexity index is 647. The molecule has 0 atom stereocenters. The predicted octanol–water partition coefficient (Wildman–Crippen LogP) is 3.75. The highest BCUT2D eigenvalue weighted by Gasteiger charge is 2.11. The Kier molecular flexibility index (Phi) is 7.01. The molecule has 0 aromatic heterocycles. The molecule has 0 radical (unpaired) electrons. The number of carbonyl (C=O) groups excluding carboxylic acids is 1. The van der Waals surface area contributed by atoms with E-state index in [0.717, 1.165) is 31.4 Å². The van der Waals surface area contributed by atoms with E-state index in [1.807, 2.05) is 31.2 Å². The Morgan fingerprint density at radius 2 is 1.54 bits per heavy atom. The molecule has 0 aliphatic carbocycles. The average Bonchev–Trinajstić information content (AvgIpc) is 2.59. The third kappa shape index (κ3) is 5.50. The molecule has 128 valence electrons. The molecule has 3 nitrogen and oxygen atoms in total. The number of likely N-dealkylation sites (N-methyl/N-ethyl adjacent to an activating group) is 1. The van der Waals surface area contributed by atoms with Gasteiger partial charge in [0.05, 0.1) is 12.2 Å². The van der Waals surface area contributed by atoms with Crippen LogP contribution in [0.4, 0.5) is 0 Å². The molecule has 0 aliphatic heterocycles. The number of nitrogens with zero attached hydrogens (tertiary/aromatic N) is 1. The molecule has 2 aromatic rings. The molecule has 0 spiro atoms. The molecule has 0 bridgehead atoms. The summed E-state index contributed by atoms with van der Waals surface area (Å²) in [6.07, 6.45) is 2.83. The van der Waals surface area contributed by atoms with Gasteiger partial charge in [0.15, 0.2) is 0 Å². The summed E-state index contributed by atoms with van der Waals surface area (Å²) in [6.45, 7) is 3.30. The highest BCUT2D eigenvalue weighted by atomic mass is 16.5. The molecule has 2 rings (SSSR count). The van der Waals surface area contributed by atoms with Gasteiger partial charge in [0.25, 0.3) is 0 Å². The van der Waals surface area contributed by atoms with Gasteiger partial charge in [0.2, 0.25) is 0 Å². The minimum atomic E-state index is -0.230. The zero-order chi connectivity index (χ0) is 17.4. The number of hydrogen-bond donors (Lipinski definition) is 0. The quantitative estimate of drug-likeness (QED) is 0.692. The zero-order valence-electron chi connectivity index (χ0n) is 14.9. The maximum atomic E-state index is 12.0. The molecule has 0 saturated heterocycles. The first-order valence-corrected chi connectivity index (χ1v) is 8.57. The Morgan fingerprint density at radius 3 is 2.17 bits per heavy atom. The second kappa shape index (κ2) is 9.24. The van der Waals surface area contributed by atoms with Crippen molar-refractivity contribution in [3.05, 3.63) is 70.8 Å². The Hall–Kier alpha value is -2.13. The van der Waals surface area contributed by atoms with E-state index in [1.165, 1.54) is 11.1 Å². The highest BCUT2D eigenvalue weighted by Crippen LogP contribution is 2.15. The van der Waals surface area contributed by atoms with Crippen LogP contribution in [0.2, 0.25) is 0 Å². The molecule has 0 heterocycles. The predicted molar refractivity (Wildman–Crippen MR) is 98.5 cm³/mol. The largest absolute Gasteiger partial charge is 0.462 e. The monoisotopic (exact) mass is 325 g/mol. The van der Waals surface area contributed by atoms with E-state index in [2.05, 4.69) is 43.3 Å². The van der Waals surface area contributed by atoms with E-state index in [-0.39, 0.29) is 5.97 Å². The van der Waals surface area contributed by atoms with Crippen molar-refractivity contribution in [2.45, 2.75) is 26.2 Å². The Morgan fingerprint density at radius 1 is 0.917 bits per heavy atom. The van der Waals surface area contributed by atoms with Gasteiger partial charge in [-0.2, -0.15) is 0 Å². The van der Waals surface area contributed by atoms with Crippen LogP contribution in [0.25, 0.3) is 0 Å². The van der Waals surface area contributed by atoms with Crippen LogP contribution in [-0.2, 0) is 24.0 Å². The van der Waals surface area contributed by atoms with Crippen molar-refractivity contribution in [2.75, 3.05) is 27.2 Å². The molecule has 0 N–H and O–H groups in total. The SMILES string of the molecule is CCOC(=O)c1ccccc1CCc1ccc(CCN(C)C)cc1. The normalized spacial score (nSPS) is 10.8. The number of esters is 1. The number of ether oxygens (including phenoxy) is 1. The number of rotatable bonds is 8. The molecule has 24 heavy (non-hydrogen) atoms. The second-order valence-electron chi connectivity index (χ2n) is 6.25. The van der Waals surface area contributed by atoms with Crippen molar-refractivity contribution < 1.29 is 9.53 Å². The van der Waals surface area contributed by atoms with Crippen LogP contribution in [0, 0.1) is 0 Å². The first-order chi connectivity index (χ1) is 11.6. The number of aryl methyl sites for hydroxylation is 2. The lowest BCUT2D eigenvalue weighted by atomic mass is 9.99. The molecule has 2 aromatic carbocycles. The summed E-state index contributed by atoms with van der Waals surface area (Å²) in [7, 11) is 4.19. The van der Waals surface area contributed by atoms with E-state index in [4.69, 9.17) is 4.74 Å². The Balaban J connectivity index is 1.97. The summed E-state index contributed by atoms with van der Waals surface area (Å²) >= 11 is 0. The molecule has 0 amide bonds. The number of hydrogen-bond acceptors (Lipinski definition) is 3. The maximum Gasteiger partial charge on any atom is 0.338 e. The van der Waals surface area contributed by atoms with E-state index in [9.17, 15) is 4.79 Å². The third-order valence-electron chi connectivity index (χ3n) is 4.07. The van der Waals surface area contributed by atoms with Crippen LogP contribution >= 0.6 is 0 Å². The topological polar surface area (TPSA) is 29.5 Å². The summed E-state index contributed by atoms with van der Waals surface area (Å²) in [5, 5.41) is 0. The molecular weight excluding hydrogens is 298 g/mol. The maximum absolute atomic E-state index is 12.0. The van der Waals surface area contributed by atoms with Gasteiger partial charge >= 0.3 is 5.97 Å². The van der Waals surface area contributed by atoms with Gasteiger partial charge in [-0.1, -0.05) is 42.5 Å². The van der Waals surface area contributed by atoms with Crippen LogP contribution in [0.5, 0.6) is 0 Å². The molecule has 0 aliphatic rings. The molecule has 0 unspecified atom stereocenters. The van der Waals surface area contributed by atoms with Crippen LogP contribution < -0.4 is 0 Å². The lowest BCUT2D eigenvalue weighted by Crippen LogP contribution is -2.15. The fourth-order valence-corrected chi connectivity index (χ4v) is 2.65. The number of carbonyl (C=O) groups is 1. The summed E-state index contributed by atoms with van der Waals surface area (Å²) in [5.74, 6) is -0.230. The highest BCUT2D eigenvalue weighted by molar-refractivity contribution is 5.91. The van der Waals surface area contributed by atoms with E-state index in [1.54, 1.807) is 0 Å². The smallest absolute Gasteiger partial charge is 0.338 e. The first kappa shape index (κ1) is 18.2. The van der Waals surface area contributed by atoms with E-state index in [0.29, 0.717) is 12.2 Å². The summed E-state index contributed by atoms with van der Waals surface area (Å²) in [6, 6.07) is 16.5. The lowest BCUT2D eigenvalue weighted by Gasteiger charge is -2.10. The summed E-state index contributed by atoms with van der Waals surface area (Å²) in [4.78, 5) is 14.2. The van der Waals surface area contributed by atoms with Crippen LogP contribution in [-0.4, -0.2) is 38.1 Å². The van der Waals surface area contributed by atoms with Gasteiger partial charge in [-0.25, -0.2) is 4.79 Å². The Labute approximate surface area is 145 Å². The summed E-state index contributed by atoms with van der Waals surface area (Å²) < 4.78 is 5.14. The van der Waals surface area contributed by atoms with E-state index >= 15 is 0 Å². The first-order valence-electron chi connectivity index (χ1n) is 8.57. The van der Waals surface area contributed by atoms with Crippen LogP contribution in [0.1, 0.15) is 34.0 Å². The molecule has 3 heteroatoms. The number of benzene rings is 2. The van der Waals surface area contributed by atoms with Gasteiger partial charge in [0, 0.05) is 6.54 Å². The summed E-state index contributed by atoms with van der Waals surface area (Å²) in [5.41, 5.74) is 4.39. The van der Waals surface area contributed by atoms with Gasteiger partial charge in [0.1, 0.15) is 0 Å². The van der Waals surface area contributed by atoms with Crippen molar-refractivity contribution in [3.63, 3.8) is 0 Å². The third-order valence-corrected chi connectivity index (χ3v) is 4.07. The van der Waals surface area contributed by atoms with Gasteiger partial charge in [-0.3, -0.25) is 0 Å². The standard InChI is InChI=1S/C21H27NO2/c1-4-24-21(23)20-8-6-5-7-19(20)14-13-17-9-11-18(12-10-17)15-16-22(2)3/h5-12H,4,13-16H2,1-3H3. The molecule has 0 fully saturated rings. The molecular formula is C21H27NO2. The van der Waals surface area contributed by atoms with E-state index < -0.39 is 0 Å². The van der Waals surface area contributed by atoms with Gasteiger partial charge < -0.3 is 9.64 Å². The van der Waals surface area contributed by atoms with Gasteiger partial charge in [-0.05, 0) is 63.0 Å². The van der Waals surface area contributed by atoms with Gasteiger partial charge in [-0.15, -0.1) is 0 Å². The van der Waals surface area contributed by atoms with Crippen molar-refractivity contribution in [1.82, 2.24) is 4.90 Å². The fraction of sp³-hybridized carbons (Fsp3) is 0.381. The molecule has 0 saturated carbocycles. The van der Waals surface area contributed by atoms with Crippen LogP contribution in [0.3, 0.4) is 0 Å². The second-order valence-corrected chi connectivity index (χ2v) is 6.25. The zero-order valence-corrected chi connectivity index (χ0v) is 14.9. The minimum absolute atomic E-state index is 0.230. The lowest BCUT2D eigenvalue weighted by molar-refractivity contribution is 0.0525. The van der Waals surface area contributed by atoms with Crippen molar-refractivity contribution in [2.24, 2.45) is 0 Å². The van der Waals surface area contributed by atoms with Crippen LogP contribution in [0.15, 0.2) is 48.5 Å². The minimum Gasteiger partial charge on any atom is -0.462 e. The fourth-order valence-electron chi connectivity index (χ4n) is 2.65. The van der Waals surface area contributed by atoms with Crippen molar-refractivity contribution >= 4 is 5.97 Å².